The van der Waals surface area contributed by atoms with Gasteiger partial charge in [-0.2, -0.15) is 0 Å². The second-order valence-corrected chi connectivity index (χ2v) is 5.01. The van der Waals surface area contributed by atoms with E-state index in [1.54, 1.807) is 0 Å². The molecule has 1 nitrogen and oxygen atoms in total. The van der Waals surface area contributed by atoms with E-state index in [0.29, 0.717) is 23.0 Å². The Kier molecular flexibility index (Phi) is 1.35. The smallest absolute Gasteiger partial charge is 0.162 e. The third kappa shape index (κ3) is 0.722. The number of Topliss-reactive ketones (excluding diaryl/α,β-unsaturated/α-hetero) is 1. The molecule has 3 aliphatic carbocycles. The summed E-state index contributed by atoms with van der Waals surface area (Å²) in [4.78, 5) is 11.9. The molecule has 0 radical (unpaired) electrons. The summed E-state index contributed by atoms with van der Waals surface area (Å²) in [7, 11) is 0. The lowest BCUT2D eigenvalue weighted by molar-refractivity contribution is -0.119. The fourth-order valence-corrected chi connectivity index (χ4v) is 4.22. The maximum Gasteiger partial charge on any atom is 0.162 e. The van der Waals surface area contributed by atoms with Gasteiger partial charge in [0.2, 0.25) is 0 Å². The van der Waals surface area contributed by atoms with E-state index in [4.69, 9.17) is 0 Å². The number of hydrogen-bond acceptors (Lipinski definition) is 1. The van der Waals surface area contributed by atoms with E-state index in [0.717, 1.165) is 12.0 Å². The van der Waals surface area contributed by atoms with Gasteiger partial charge in [-0.1, -0.05) is 19.4 Å². The normalized spacial score (nSPS) is 48.3. The van der Waals surface area contributed by atoms with Crippen LogP contribution in [-0.4, -0.2) is 5.78 Å². The van der Waals surface area contributed by atoms with Gasteiger partial charge in [-0.05, 0) is 42.6 Å². The third-order valence-corrected chi connectivity index (χ3v) is 4.71. The van der Waals surface area contributed by atoms with Crippen LogP contribution in [0.25, 0.3) is 0 Å². The molecule has 3 fully saturated rings. The molecule has 0 aromatic rings. The fourth-order valence-electron chi connectivity index (χ4n) is 4.22. The SMILES string of the molecule is C=C1C(=O)C2CCCC23CCCC13. The minimum atomic E-state index is 0.382. The highest BCUT2D eigenvalue weighted by Gasteiger charge is 2.60. The molecule has 3 aliphatic rings. The number of ketones is 1. The molecule has 3 atom stereocenters. The highest BCUT2D eigenvalue weighted by atomic mass is 16.1. The van der Waals surface area contributed by atoms with Crippen LogP contribution >= 0.6 is 0 Å². The van der Waals surface area contributed by atoms with E-state index >= 15 is 0 Å². The summed E-state index contributed by atoms with van der Waals surface area (Å²) in [5.74, 6) is 1.38. The molecule has 0 aromatic carbocycles. The lowest BCUT2D eigenvalue weighted by atomic mass is 9.75. The molecule has 0 N–H and O–H groups in total. The second-order valence-electron chi connectivity index (χ2n) is 5.01. The Morgan fingerprint density at radius 3 is 2.46 bits per heavy atom. The summed E-state index contributed by atoms with van der Waals surface area (Å²) in [5, 5.41) is 0. The van der Waals surface area contributed by atoms with Gasteiger partial charge in [0, 0.05) is 5.92 Å². The van der Waals surface area contributed by atoms with Crippen molar-refractivity contribution in [3.8, 4) is 0 Å². The predicted octanol–water partition coefficient (Wildman–Crippen LogP) is 2.71. The van der Waals surface area contributed by atoms with Crippen LogP contribution in [0.5, 0.6) is 0 Å². The summed E-state index contributed by atoms with van der Waals surface area (Å²) in [6.45, 7) is 4.01. The molecule has 70 valence electrons. The Bertz CT molecular complexity index is 259. The van der Waals surface area contributed by atoms with Crippen LogP contribution < -0.4 is 0 Å². The van der Waals surface area contributed by atoms with Gasteiger partial charge in [0.15, 0.2) is 5.78 Å². The van der Waals surface area contributed by atoms with Crippen LogP contribution in [0.1, 0.15) is 38.5 Å². The molecule has 0 saturated heterocycles. The van der Waals surface area contributed by atoms with Crippen LogP contribution in [0.4, 0.5) is 0 Å². The lowest BCUT2D eigenvalue weighted by Crippen LogP contribution is -2.23. The van der Waals surface area contributed by atoms with Crippen molar-refractivity contribution < 1.29 is 4.79 Å². The Hall–Kier alpha value is -0.590. The van der Waals surface area contributed by atoms with Gasteiger partial charge in [-0.3, -0.25) is 4.79 Å². The minimum Gasteiger partial charge on any atom is -0.294 e. The summed E-state index contributed by atoms with van der Waals surface area (Å²) in [5.41, 5.74) is 1.39. The summed E-state index contributed by atoms with van der Waals surface area (Å²) in [6, 6.07) is 0. The van der Waals surface area contributed by atoms with Crippen molar-refractivity contribution in [1.82, 2.24) is 0 Å². The number of hydrogen-bond donors (Lipinski definition) is 0. The van der Waals surface area contributed by atoms with Crippen molar-refractivity contribution in [3.05, 3.63) is 12.2 Å². The Labute approximate surface area is 79.2 Å². The monoisotopic (exact) mass is 176 g/mol. The molecule has 3 rings (SSSR count). The molecule has 0 aromatic heterocycles. The van der Waals surface area contributed by atoms with Crippen molar-refractivity contribution in [1.29, 1.82) is 0 Å². The van der Waals surface area contributed by atoms with E-state index in [9.17, 15) is 4.79 Å². The summed E-state index contributed by atoms with van der Waals surface area (Å²) < 4.78 is 0. The van der Waals surface area contributed by atoms with Crippen molar-refractivity contribution in [2.24, 2.45) is 17.3 Å². The van der Waals surface area contributed by atoms with Crippen LogP contribution in [0.3, 0.4) is 0 Å². The van der Waals surface area contributed by atoms with Crippen molar-refractivity contribution in [3.63, 3.8) is 0 Å². The zero-order valence-electron chi connectivity index (χ0n) is 8.01. The van der Waals surface area contributed by atoms with Gasteiger partial charge < -0.3 is 0 Å². The number of carbonyl (C=O) groups is 1. The Morgan fingerprint density at radius 2 is 1.77 bits per heavy atom. The van der Waals surface area contributed by atoms with Gasteiger partial charge in [-0.25, -0.2) is 0 Å². The first-order chi connectivity index (χ1) is 6.26. The topological polar surface area (TPSA) is 17.1 Å². The largest absolute Gasteiger partial charge is 0.294 e. The van der Waals surface area contributed by atoms with E-state index < -0.39 is 0 Å². The molecular formula is C12H16O. The molecule has 3 unspecified atom stereocenters. The van der Waals surface area contributed by atoms with E-state index in [-0.39, 0.29) is 0 Å². The van der Waals surface area contributed by atoms with Gasteiger partial charge >= 0.3 is 0 Å². The van der Waals surface area contributed by atoms with Gasteiger partial charge in [0.25, 0.3) is 0 Å². The average Bonchev–Trinajstić information content (AvgIpc) is 2.75. The number of carbonyl (C=O) groups excluding carboxylic acids is 1. The Morgan fingerprint density at radius 1 is 1.15 bits per heavy atom. The van der Waals surface area contributed by atoms with Crippen LogP contribution in [0.2, 0.25) is 0 Å². The van der Waals surface area contributed by atoms with E-state index in [1.165, 1.54) is 32.1 Å². The average molecular weight is 176 g/mol. The van der Waals surface area contributed by atoms with E-state index in [1.807, 2.05) is 0 Å². The molecular weight excluding hydrogens is 160 g/mol. The maximum absolute atomic E-state index is 11.9. The maximum atomic E-state index is 11.9. The fraction of sp³-hybridized carbons (Fsp3) is 0.750. The molecule has 1 heteroatoms. The highest BCUT2D eigenvalue weighted by molar-refractivity contribution is 6.01. The van der Waals surface area contributed by atoms with Crippen LogP contribution in [0, 0.1) is 17.3 Å². The van der Waals surface area contributed by atoms with Crippen molar-refractivity contribution in [2.75, 3.05) is 0 Å². The third-order valence-electron chi connectivity index (χ3n) is 4.71. The molecule has 0 amide bonds. The molecule has 1 spiro atoms. The summed E-state index contributed by atoms with van der Waals surface area (Å²) >= 11 is 0. The Balaban J connectivity index is 2.10. The minimum absolute atomic E-state index is 0.382. The van der Waals surface area contributed by atoms with Gasteiger partial charge in [0.05, 0.1) is 0 Å². The van der Waals surface area contributed by atoms with Crippen molar-refractivity contribution >= 4 is 5.78 Å². The lowest BCUT2D eigenvalue weighted by Gasteiger charge is -2.27. The van der Waals surface area contributed by atoms with Crippen LogP contribution in [-0.2, 0) is 4.79 Å². The molecule has 0 aliphatic heterocycles. The van der Waals surface area contributed by atoms with E-state index in [2.05, 4.69) is 6.58 Å². The summed E-state index contributed by atoms with van der Waals surface area (Å²) in [6.07, 6.45) is 7.59. The molecule has 0 bridgehead atoms. The van der Waals surface area contributed by atoms with Crippen LogP contribution in [0.15, 0.2) is 12.2 Å². The molecule has 3 saturated carbocycles. The number of rotatable bonds is 0. The van der Waals surface area contributed by atoms with Crippen molar-refractivity contribution in [2.45, 2.75) is 38.5 Å². The predicted molar refractivity (Wildman–Crippen MR) is 51.3 cm³/mol. The number of allylic oxidation sites excluding steroid dienone is 1. The first-order valence-corrected chi connectivity index (χ1v) is 5.49. The first kappa shape index (κ1) is 7.78. The zero-order valence-corrected chi connectivity index (χ0v) is 8.01. The molecule has 0 heterocycles. The van der Waals surface area contributed by atoms with Gasteiger partial charge in [-0.15, -0.1) is 0 Å². The zero-order chi connectivity index (χ0) is 9.05. The molecule has 13 heavy (non-hydrogen) atoms. The standard InChI is InChI=1S/C12H16O/c1-8-9-4-2-6-12(9)7-3-5-10(12)11(8)13/h9-10H,1-7H2. The first-order valence-electron chi connectivity index (χ1n) is 5.49. The quantitative estimate of drug-likeness (QED) is 0.519. The van der Waals surface area contributed by atoms with Gasteiger partial charge in [0.1, 0.15) is 0 Å². The second kappa shape index (κ2) is 2.26. The highest BCUT2D eigenvalue weighted by Crippen LogP contribution is 2.64.